The van der Waals surface area contributed by atoms with Gasteiger partial charge in [-0.1, -0.05) is 227 Å². The van der Waals surface area contributed by atoms with Crippen LogP contribution in [0.5, 0.6) is 0 Å². The standard InChI is InChI=1S/C57H110O17P2/c1-6-10-13-16-17-18-19-20-24-27-32-36-41-55(60)68-47-53(74-57(62)43-38-33-28-25-22-21-23-26-31-34-39-50(5)9-4)49-72-76(65,66)70-45-51(58)44-69-75(63,64)71-48-52(73-56(61)42-37-30-15-12-8-3)46-67-54(59)40-35-29-14-11-7-2/h50-53,58H,6-49H2,1-5H3,(H,63,64)(H,65,66)/t50?,51-,52+,53+/m0/s1. The minimum atomic E-state index is -4.93. The number of hydrogen-bond donors (Lipinski definition) is 3. The Morgan fingerprint density at radius 2 is 0.632 bits per heavy atom. The number of carbonyl (C=O) groups is 4. The van der Waals surface area contributed by atoms with Gasteiger partial charge in [0.15, 0.2) is 12.2 Å². The summed E-state index contributed by atoms with van der Waals surface area (Å²) in [6.07, 6.45) is 32.7. The van der Waals surface area contributed by atoms with E-state index < -0.39 is 97.5 Å². The molecule has 0 amide bonds. The van der Waals surface area contributed by atoms with Crippen molar-refractivity contribution in [2.45, 2.75) is 297 Å². The van der Waals surface area contributed by atoms with Gasteiger partial charge in [0.25, 0.3) is 0 Å². The van der Waals surface area contributed by atoms with Gasteiger partial charge in [0.05, 0.1) is 26.4 Å². The second-order valence-corrected chi connectivity index (χ2v) is 23.8. The summed E-state index contributed by atoms with van der Waals surface area (Å²) in [6.45, 7) is 6.98. The molecule has 0 heterocycles. The normalized spacial score (nSPS) is 14.8. The Bertz CT molecular complexity index is 1500. The van der Waals surface area contributed by atoms with E-state index in [0.717, 1.165) is 102 Å². The molecule has 6 atom stereocenters. The Balaban J connectivity index is 5.14. The van der Waals surface area contributed by atoms with E-state index in [9.17, 15) is 43.2 Å². The zero-order valence-electron chi connectivity index (χ0n) is 48.4. The summed E-state index contributed by atoms with van der Waals surface area (Å²) < 4.78 is 67.3. The monoisotopic (exact) mass is 1130 g/mol. The molecule has 17 nitrogen and oxygen atoms in total. The van der Waals surface area contributed by atoms with Gasteiger partial charge in [-0.2, -0.15) is 0 Å². The van der Waals surface area contributed by atoms with Gasteiger partial charge >= 0.3 is 39.5 Å². The van der Waals surface area contributed by atoms with Crippen LogP contribution in [0, 0.1) is 5.92 Å². The van der Waals surface area contributed by atoms with Gasteiger partial charge in [0, 0.05) is 25.7 Å². The van der Waals surface area contributed by atoms with Crippen LogP contribution >= 0.6 is 15.6 Å². The number of aliphatic hydroxyl groups excluding tert-OH is 1. The maximum Gasteiger partial charge on any atom is 0.472 e. The number of phosphoric ester groups is 2. The van der Waals surface area contributed by atoms with Gasteiger partial charge in [-0.05, 0) is 31.6 Å². The highest BCUT2D eigenvalue weighted by atomic mass is 31.2. The number of hydrogen-bond acceptors (Lipinski definition) is 15. The first-order valence-corrected chi connectivity index (χ1v) is 33.2. The third-order valence-corrected chi connectivity index (χ3v) is 15.3. The highest BCUT2D eigenvalue weighted by molar-refractivity contribution is 7.47. The fraction of sp³-hybridized carbons (Fsp3) is 0.930. The topological polar surface area (TPSA) is 237 Å². The molecule has 76 heavy (non-hydrogen) atoms. The number of esters is 4. The Morgan fingerprint density at radius 3 is 0.934 bits per heavy atom. The van der Waals surface area contributed by atoms with Crippen LogP contribution in [0.2, 0.25) is 0 Å². The number of unbranched alkanes of at least 4 members (excludes halogenated alkanes) is 28. The SMILES string of the molecule is CCCCCCCCCCCCCCC(=O)OC[C@H](COP(=O)(O)OC[C@@H](O)COP(=O)(O)OC[C@@H](COC(=O)CCCCCCC)OC(=O)CCCCCCC)OC(=O)CCCCCCCCCCCCC(C)CC. The zero-order chi connectivity index (χ0) is 56.4. The molecule has 0 saturated heterocycles. The molecular formula is C57H110O17P2. The molecule has 0 saturated carbocycles. The maximum absolute atomic E-state index is 12.9. The van der Waals surface area contributed by atoms with Crippen molar-refractivity contribution in [1.82, 2.24) is 0 Å². The van der Waals surface area contributed by atoms with Crippen molar-refractivity contribution in [3.8, 4) is 0 Å². The van der Waals surface area contributed by atoms with Gasteiger partial charge in [-0.25, -0.2) is 9.13 Å². The summed E-state index contributed by atoms with van der Waals surface area (Å²) in [5.74, 6) is -1.36. The van der Waals surface area contributed by atoms with Gasteiger partial charge in [-0.15, -0.1) is 0 Å². The highest BCUT2D eigenvalue weighted by Crippen LogP contribution is 2.45. The summed E-state index contributed by atoms with van der Waals surface area (Å²) in [5.41, 5.74) is 0. The van der Waals surface area contributed by atoms with E-state index in [1.165, 1.54) is 96.3 Å². The summed E-state index contributed by atoms with van der Waals surface area (Å²) in [5, 5.41) is 10.4. The smallest absolute Gasteiger partial charge is 0.462 e. The third-order valence-electron chi connectivity index (χ3n) is 13.4. The highest BCUT2D eigenvalue weighted by Gasteiger charge is 2.30. The summed E-state index contributed by atoms with van der Waals surface area (Å²) in [7, 11) is -9.85. The lowest BCUT2D eigenvalue weighted by Gasteiger charge is -2.21. The van der Waals surface area contributed by atoms with Crippen LogP contribution in [-0.4, -0.2) is 96.7 Å². The van der Waals surface area contributed by atoms with Crippen LogP contribution in [0.1, 0.15) is 279 Å². The molecule has 19 heteroatoms. The van der Waals surface area contributed by atoms with Gasteiger partial charge in [0.1, 0.15) is 19.3 Å². The van der Waals surface area contributed by atoms with Crippen LogP contribution in [0.4, 0.5) is 0 Å². The van der Waals surface area contributed by atoms with E-state index in [-0.39, 0.29) is 25.7 Å². The van der Waals surface area contributed by atoms with Crippen molar-refractivity contribution in [3.63, 3.8) is 0 Å². The van der Waals surface area contributed by atoms with Gasteiger partial charge in [0.2, 0.25) is 0 Å². The molecule has 0 aromatic carbocycles. The van der Waals surface area contributed by atoms with Gasteiger partial charge in [-0.3, -0.25) is 37.3 Å². The van der Waals surface area contributed by atoms with E-state index in [1.54, 1.807) is 0 Å². The second kappa shape index (κ2) is 51.2. The minimum Gasteiger partial charge on any atom is -0.462 e. The molecule has 3 unspecified atom stereocenters. The minimum absolute atomic E-state index is 0.0987. The van der Waals surface area contributed by atoms with Crippen molar-refractivity contribution in [2.75, 3.05) is 39.6 Å². The van der Waals surface area contributed by atoms with Crippen molar-refractivity contribution >= 4 is 39.5 Å². The van der Waals surface area contributed by atoms with Crippen molar-refractivity contribution in [2.24, 2.45) is 5.92 Å². The average Bonchev–Trinajstić information content (AvgIpc) is 3.39. The van der Waals surface area contributed by atoms with Crippen LogP contribution in [-0.2, 0) is 65.4 Å². The van der Waals surface area contributed by atoms with Crippen LogP contribution in [0.25, 0.3) is 0 Å². The number of rotatable bonds is 57. The molecule has 0 aliphatic heterocycles. The quantitative estimate of drug-likeness (QED) is 0.0222. The molecule has 0 radical (unpaired) electrons. The van der Waals surface area contributed by atoms with E-state index in [0.29, 0.717) is 25.7 Å². The number of ether oxygens (including phenoxy) is 4. The Hall–Kier alpha value is -1.94. The first-order valence-electron chi connectivity index (χ1n) is 30.2. The third kappa shape index (κ3) is 50.3. The van der Waals surface area contributed by atoms with Crippen molar-refractivity contribution in [1.29, 1.82) is 0 Å². The average molecular weight is 1130 g/mol. The molecule has 450 valence electrons. The van der Waals surface area contributed by atoms with Crippen LogP contribution in [0.3, 0.4) is 0 Å². The summed E-state index contributed by atoms with van der Waals surface area (Å²) in [4.78, 5) is 71.4. The molecule has 0 aliphatic carbocycles. The predicted molar refractivity (Wildman–Crippen MR) is 298 cm³/mol. The van der Waals surface area contributed by atoms with Crippen LogP contribution < -0.4 is 0 Å². The van der Waals surface area contributed by atoms with Crippen molar-refractivity contribution < 1.29 is 80.2 Å². The lowest BCUT2D eigenvalue weighted by molar-refractivity contribution is -0.161. The summed E-state index contributed by atoms with van der Waals surface area (Å²) in [6, 6.07) is 0. The number of aliphatic hydroxyl groups is 1. The van der Waals surface area contributed by atoms with E-state index in [4.69, 9.17) is 37.0 Å². The Morgan fingerprint density at radius 1 is 0.368 bits per heavy atom. The number of phosphoric acid groups is 2. The molecule has 0 spiro atoms. The molecule has 0 fully saturated rings. The fourth-order valence-corrected chi connectivity index (χ4v) is 9.89. The zero-order valence-corrected chi connectivity index (χ0v) is 50.2. The molecule has 0 rings (SSSR count). The van der Waals surface area contributed by atoms with E-state index in [1.807, 2.05) is 0 Å². The lowest BCUT2D eigenvalue weighted by atomic mass is 9.99. The maximum atomic E-state index is 12.9. The molecule has 0 bridgehead atoms. The molecule has 0 aromatic rings. The molecule has 0 aromatic heterocycles. The second-order valence-electron chi connectivity index (χ2n) is 20.9. The fourth-order valence-electron chi connectivity index (χ4n) is 8.31. The van der Waals surface area contributed by atoms with Crippen LogP contribution in [0.15, 0.2) is 0 Å². The van der Waals surface area contributed by atoms with E-state index in [2.05, 4.69) is 34.6 Å². The predicted octanol–water partition coefficient (Wildman–Crippen LogP) is 15.1. The first kappa shape index (κ1) is 74.1. The Kier molecular flexibility index (Phi) is 49.9. The number of carbonyl (C=O) groups excluding carboxylic acids is 4. The van der Waals surface area contributed by atoms with E-state index >= 15 is 0 Å². The largest absolute Gasteiger partial charge is 0.472 e. The lowest BCUT2D eigenvalue weighted by Crippen LogP contribution is -2.30. The molecule has 0 aliphatic rings. The summed E-state index contributed by atoms with van der Waals surface area (Å²) >= 11 is 0. The van der Waals surface area contributed by atoms with Gasteiger partial charge < -0.3 is 33.8 Å². The molecular weight excluding hydrogens is 1020 g/mol. The Labute approximate surface area is 460 Å². The van der Waals surface area contributed by atoms with Crippen molar-refractivity contribution in [3.05, 3.63) is 0 Å². The first-order chi connectivity index (χ1) is 36.6. The molecule has 3 N–H and O–H groups in total.